The molecule has 2 aliphatic heterocycles. The Morgan fingerprint density at radius 1 is 1.03 bits per heavy atom. The van der Waals surface area contributed by atoms with Crippen molar-refractivity contribution in [3.05, 3.63) is 76.2 Å². The van der Waals surface area contributed by atoms with Crippen LogP contribution in [-0.4, -0.2) is 52.5 Å². The van der Waals surface area contributed by atoms with Gasteiger partial charge in [0, 0.05) is 38.0 Å². The number of aromatic nitrogens is 2. The number of anilines is 1. The quantitative estimate of drug-likeness (QED) is 0.524. The van der Waals surface area contributed by atoms with E-state index < -0.39 is 5.92 Å². The van der Waals surface area contributed by atoms with E-state index in [-0.39, 0.29) is 17.8 Å². The SMILES string of the molecule is CC1=Nc2ccnn2C(c2ccc(Cl)c(Cl)c2)C1C(=O)N1CCN(c2ccccc2F)CC1. The lowest BCUT2D eigenvalue weighted by atomic mass is 9.87. The van der Waals surface area contributed by atoms with Crippen LogP contribution >= 0.6 is 23.2 Å². The van der Waals surface area contributed by atoms with E-state index in [0.717, 1.165) is 11.3 Å². The molecule has 2 atom stereocenters. The molecule has 0 saturated carbocycles. The molecule has 2 aromatic carbocycles. The van der Waals surface area contributed by atoms with Gasteiger partial charge in [0.2, 0.25) is 5.91 Å². The minimum Gasteiger partial charge on any atom is -0.366 e. The number of fused-ring (bicyclic) bond motifs is 1. The van der Waals surface area contributed by atoms with Crippen molar-refractivity contribution in [1.29, 1.82) is 0 Å². The fraction of sp³-hybridized carbons (Fsp3) is 0.292. The fourth-order valence-electron chi connectivity index (χ4n) is 4.65. The number of halogens is 3. The van der Waals surface area contributed by atoms with Gasteiger partial charge in [-0.25, -0.2) is 14.1 Å². The number of carbonyl (C=O) groups excluding carboxylic acids is 1. The van der Waals surface area contributed by atoms with E-state index in [9.17, 15) is 9.18 Å². The number of hydrogen-bond acceptors (Lipinski definition) is 4. The van der Waals surface area contributed by atoms with Crippen LogP contribution in [0.2, 0.25) is 10.0 Å². The number of amides is 1. The van der Waals surface area contributed by atoms with Crippen LogP contribution in [0, 0.1) is 11.7 Å². The van der Waals surface area contributed by atoms with Crippen molar-refractivity contribution in [2.45, 2.75) is 13.0 Å². The molecule has 2 aliphatic rings. The second-order valence-corrected chi connectivity index (χ2v) is 9.06. The Morgan fingerprint density at radius 3 is 2.52 bits per heavy atom. The molecule has 33 heavy (non-hydrogen) atoms. The summed E-state index contributed by atoms with van der Waals surface area (Å²) in [5, 5.41) is 5.33. The monoisotopic (exact) mass is 485 g/mol. The van der Waals surface area contributed by atoms with Crippen LogP contribution in [0.4, 0.5) is 15.9 Å². The predicted octanol–water partition coefficient (Wildman–Crippen LogP) is 4.99. The number of piperazine rings is 1. The molecule has 0 spiro atoms. The Balaban J connectivity index is 1.42. The number of nitrogens with zero attached hydrogens (tertiary/aromatic N) is 5. The van der Waals surface area contributed by atoms with Gasteiger partial charge in [-0.05, 0) is 36.8 Å². The summed E-state index contributed by atoms with van der Waals surface area (Å²) in [5.41, 5.74) is 2.13. The highest BCUT2D eigenvalue weighted by Gasteiger charge is 2.41. The minimum absolute atomic E-state index is 0.0262. The van der Waals surface area contributed by atoms with E-state index in [1.54, 1.807) is 35.1 Å². The number of para-hydroxylation sites is 1. The molecule has 3 aromatic rings. The number of aliphatic imine (C=N–C) groups is 1. The van der Waals surface area contributed by atoms with Gasteiger partial charge in [0.25, 0.3) is 0 Å². The van der Waals surface area contributed by atoms with Crippen molar-refractivity contribution < 1.29 is 9.18 Å². The van der Waals surface area contributed by atoms with E-state index >= 15 is 0 Å². The zero-order valence-electron chi connectivity index (χ0n) is 18.0. The Hall–Kier alpha value is -2.90. The van der Waals surface area contributed by atoms with Gasteiger partial charge in [0.1, 0.15) is 11.7 Å². The molecule has 0 N–H and O–H groups in total. The number of carbonyl (C=O) groups is 1. The average molecular weight is 486 g/mol. The number of benzene rings is 2. The molecule has 0 aliphatic carbocycles. The summed E-state index contributed by atoms with van der Waals surface area (Å²) in [4.78, 5) is 22.2. The van der Waals surface area contributed by atoms with E-state index in [2.05, 4.69) is 10.1 Å². The molecular weight excluding hydrogens is 464 g/mol. The summed E-state index contributed by atoms with van der Waals surface area (Å²) in [6, 6.07) is 13.5. The molecule has 3 heterocycles. The summed E-state index contributed by atoms with van der Waals surface area (Å²) in [7, 11) is 0. The van der Waals surface area contributed by atoms with Crippen molar-refractivity contribution in [2.24, 2.45) is 10.9 Å². The summed E-state index contributed by atoms with van der Waals surface area (Å²) >= 11 is 12.4. The van der Waals surface area contributed by atoms with E-state index in [1.807, 2.05) is 34.9 Å². The molecule has 6 nitrogen and oxygen atoms in total. The van der Waals surface area contributed by atoms with Crippen molar-refractivity contribution >= 4 is 46.3 Å². The predicted molar refractivity (Wildman–Crippen MR) is 128 cm³/mol. The highest BCUT2D eigenvalue weighted by molar-refractivity contribution is 6.42. The third-order valence-electron chi connectivity index (χ3n) is 6.31. The van der Waals surface area contributed by atoms with Gasteiger partial charge in [-0.1, -0.05) is 41.4 Å². The second kappa shape index (κ2) is 8.80. The summed E-state index contributed by atoms with van der Waals surface area (Å²) in [6.45, 7) is 3.98. The second-order valence-electron chi connectivity index (χ2n) is 8.25. The van der Waals surface area contributed by atoms with E-state index in [0.29, 0.717) is 47.7 Å². The normalized spacial score (nSPS) is 20.4. The van der Waals surface area contributed by atoms with Crippen LogP contribution in [0.3, 0.4) is 0 Å². The molecule has 0 bridgehead atoms. The lowest BCUT2D eigenvalue weighted by Gasteiger charge is -2.40. The van der Waals surface area contributed by atoms with Gasteiger partial charge in [-0.2, -0.15) is 5.10 Å². The maximum Gasteiger partial charge on any atom is 0.234 e. The van der Waals surface area contributed by atoms with Gasteiger partial charge in [0.15, 0.2) is 5.82 Å². The van der Waals surface area contributed by atoms with Crippen molar-refractivity contribution in [3.8, 4) is 0 Å². The zero-order chi connectivity index (χ0) is 23.1. The minimum atomic E-state index is -0.533. The van der Waals surface area contributed by atoms with Crippen LogP contribution in [0.25, 0.3) is 0 Å². The fourth-order valence-corrected chi connectivity index (χ4v) is 4.95. The van der Waals surface area contributed by atoms with Crippen LogP contribution in [0.1, 0.15) is 18.5 Å². The molecule has 170 valence electrons. The van der Waals surface area contributed by atoms with Gasteiger partial charge < -0.3 is 9.80 Å². The lowest BCUT2D eigenvalue weighted by Crippen LogP contribution is -2.53. The highest BCUT2D eigenvalue weighted by Crippen LogP contribution is 2.39. The first-order chi connectivity index (χ1) is 15.9. The molecule has 2 unspecified atom stereocenters. The summed E-state index contributed by atoms with van der Waals surface area (Å²) < 4.78 is 16.0. The van der Waals surface area contributed by atoms with Crippen molar-refractivity contribution in [2.75, 3.05) is 31.1 Å². The third kappa shape index (κ3) is 4.00. The molecule has 5 rings (SSSR count). The molecule has 1 fully saturated rings. The van der Waals surface area contributed by atoms with Crippen molar-refractivity contribution in [3.63, 3.8) is 0 Å². The van der Waals surface area contributed by atoms with Gasteiger partial charge >= 0.3 is 0 Å². The first-order valence-electron chi connectivity index (χ1n) is 10.8. The first-order valence-corrected chi connectivity index (χ1v) is 11.5. The Bertz CT molecular complexity index is 1240. The van der Waals surface area contributed by atoms with Crippen LogP contribution < -0.4 is 4.90 Å². The van der Waals surface area contributed by atoms with Gasteiger partial charge in [-0.3, -0.25) is 4.79 Å². The van der Waals surface area contributed by atoms with Gasteiger partial charge in [-0.15, -0.1) is 0 Å². The van der Waals surface area contributed by atoms with Crippen LogP contribution in [0.5, 0.6) is 0 Å². The van der Waals surface area contributed by atoms with Crippen LogP contribution in [-0.2, 0) is 4.79 Å². The molecular formula is C24H22Cl2FN5O. The molecule has 0 radical (unpaired) electrons. The summed E-state index contributed by atoms with van der Waals surface area (Å²) in [5.74, 6) is -0.119. The molecule has 9 heteroatoms. The molecule has 1 aromatic heterocycles. The molecule has 1 saturated heterocycles. The Kier molecular flexibility index (Phi) is 5.85. The average Bonchev–Trinajstić information content (AvgIpc) is 3.28. The summed E-state index contributed by atoms with van der Waals surface area (Å²) in [6.07, 6.45) is 1.68. The van der Waals surface area contributed by atoms with Crippen LogP contribution in [0.15, 0.2) is 59.7 Å². The highest BCUT2D eigenvalue weighted by atomic mass is 35.5. The Labute approximate surface area is 201 Å². The Morgan fingerprint density at radius 2 is 1.79 bits per heavy atom. The maximum absolute atomic E-state index is 14.2. The molecule has 1 amide bonds. The smallest absolute Gasteiger partial charge is 0.234 e. The third-order valence-corrected chi connectivity index (χ3v) is 7.04. The topological polar surface area (TPSA) is 53.7 Å². The van der Waals surface area contributed by atoms with Gasteiger partial charge in [0.05, 0.1) is 28.0 Å². The first kappa shape index (κ1) is 21.9. The zero-order valence-corrected chi connectivity index (χ0v) is 19.5. The van der Waals surface area contributed by atoms with E-state index in [1.165, 1.54) is 6.07 Å². The maximum atomic E-state index is 14.2. The standard InChI is InChI=1S/C24H22Cl2FN5O/c1-15-22(24(33)31-12-10-30(11-13-31)20-5-3-2-4-19(20)27)23(32-21(29-15)8-9-28-32)16-6-7-17(25)18(26)14-16/h2-9,14,22-23H,10-13H2,1H3. The lowest BCUT2D eigenvalue weighted by molar-refractivity contribution is -0.134. The number of hydrogen-bond donors (Lipinski definition) is 0. The van der Waals surface area contributed by atoms with Crippen molar-refractivity contribution in [1.82, 2.24) is 14.7 Å². The number of rotatable bonds is 3. The van der Waals surface area contributed by atoms with E-state index in [4.69, 9.17) is 23.2 Å². The largest absolute Gasteiger partial charge is 0.366 e.